The van der Waals surface area contributed by atoms with Crippen LogP contribution in [-0.4, -0.2) is 37.9 Å². The van der Waals surface area contributed by atoms with Crippen molar-refractivity contribution in [2.75, 3.05) is 6.26 Å². The standard InChI is InChI=1S/C18H19F2N5OS/c1-27-18-23-14(9-15(24-18)26-11-7-6-10(21)8-11)25-13-5-3-2-4-12(13)22-17(25)16(19)20/h2-5,9-11,16H,6-8,21H2,1H3/t10-,11-/m0/s1. The normalized spacial score (nSPS) is 19.9. The largest absolute Gasteiger partial charge is 0.474 e. The predicted octanol–water partition coefficient (Wildman–Crippen LogP) is 3.73. The van der Waals surface area contributed by atoms with Gasteiger partial charge in [-0.15, -0.1) is 0 Å². The SMILES string of the molecule is CSc1nc(O[C@H]2CC[C@H](N)C2)cc(-n2c(C(F)F)nc3ccccc32)n1. The zero-order valence-corrected chi connectivity index (χ0v) is 15.5. The fraction of sp³-hybridized carbons (Fsp3) is 0.389. The first kappa shape index (κ1) is 18.1. The van der Waals surface area contributed by atoms with Crippen molar-refractivity contribution in [2.45, 2.75) is 43.0 Å². The summed E-state index contributed by atoms with van der Waals surface area (Å²) in [5.74, 6) is 0.327. The topological polar surface area (TPSA) is 78.9 Å². The summed E-state index contributed by atoms with van der Waals surface area (Å²) in [6, 6.07) is 8.70. The molecule has 1 fully saturated rings. The highest BCUT2D eigenvalue weighted by Gasteiger charge is 2.25. The zero-order chi connectivity index (χ0) is 19.0. The molecule has 2 aromatic heterocycles. The molecule has 0 unspecified atom stereocenters. The quantitative estimate of drug-likeness (QED) is 0.527. The lowest BCUT2D eigenvalue weighted by Crippen LogP contribution is -2.19. The van der Waals surface area contributed by atoms with Crippen LogP contribution >= 0.6 is 11.8 Å². The van der Waals surface area contributed by atoms with E-state index in [2.05, 4.69) is 15.0 Å². The molecule has 1 saturated carbocycles. The lowest BCUT2D eigenvalue weighted by atomic mass is 10.3. The van der Waals surface area contributed by atoms with Crippen LogP contribution in [0.3, 0.4) is 0 Å². The molecule has 142 valence electrons. The van der Waals surface area contributed by atoms with E-state index in [1.807, 2.05) is 6.26 Å². The van der Waals surface area contributed by atoms with Crippen molar-refractivity contribution in [1.29, 1.82) is 0 Å². The van der Waals surface area contributed by atoms with Crippen molar-refractivity contribution >= 4 is 22.8 Å². The van der Waals surface area contributed by atoms with Gasteiger partial charge in [-0.1, -0.05) is 23.9 Å². The van der Waals surface area contributed by atoms with E-state index in [1.165, 1.54) is 16.3 Å². The first-order valence-electron chi connectivity index (χ1n) is 8.66. The molecule has 0 saturated heterocycles. The molecule has 0 radical (unpaired) electrons. The van der Waals surface area contributed by atoms with E-state index in [4.69, 9.17) is 10.5 Å². The van der Waals surface area contributed by atoms with E-state index in [1.54, 1.807) is 30.3 Å². The summed E-state index contributed by atoms with van der Waals surface area (Å²) in [5.41, 5.74) is 6.99. The molecule has 3 aromatic rings. The van der Waals surface area contributed by atoms with Gasteiger partial charge in [-0.3, -0.25) is 4.57 Å². The Balaban J connectivity index is 1.80. The molecule has 6 nitrogen and oxygen atoms in total. The number of rotatable bonds is 5. The molecule has 0 amide bonds. The van der Waals surface area contributed by atoms with Crippen LogP contribution in [0, 0.1) is 0 Å². The van der Waals surface area contributed by atoms with Crippen molar-refractivity contribution in [2.24, 2.45) is 5.73 Å². The van der Waals surface area contributed by atoms with Gasteiger partial charge in [0.1, 0.15) is 11.9 Å². The van der Waals surface area contributed by atoms with Crippen LogP contribution < -0.4 is 10.5 Å². The third kappa shape index (κ3) is 3.61. The van der Waals surface area contributed by atoms with E-state index in [0.717, 1.165) is 19.3 Å². The van der Waals surface area contributed by atoms with Crippen LogP contribution in [0.4, 0.5) is 8.78 Å². The van der Waals surface area contributed by atoms with Gasteiger partial charge in [0, 0.05) is 12.1 Å². The number of halogens is 2. The molecule has 0 aliphatic heterocycles. The fourth-order valence-electron chi connectivity index (χ4n) is 3.34. The highest BCUT2D eigenvalue weighted by molar-refractivity contribution is 7.98. The van der Waals surface area contributed by atoms with Crippen LogP contribution in [0.5, 0.6) is 5.88 Å². The highest BCUT2D eigenvalue weighted by Crippen LogP contribution is 2.30. The van der Waals surface area contributed by atoms with Crippen LogP contribution in [0.25, 0.3) is 16.9 Å². The minimum Gasteiger partial charge on any atom is -0.474 e. The summed E-state index contributed by atoms with van der Waals surface area (Å²) in [6.45, 7) is 0. The van der Waals surface area contributed by atoms with Gasteiger partial charge in [-0.2, -0.15) is 4.98 Å². The number of fused-ring (bicyclic) bond motifs is 1. The smallest absolute Gasteiger partial charge is 0.296 e. The lowest BCUT2D eigenvalue weighted by molar-refractivity contribution is 0.139. The summed E-state index contributed by atoms with van der Waals surface area (Å²) in [4.78, 5) is 12.9. The second kappa shape index (κ2) is 7.40. The third-order valence-electron chi connectivity index (χ3n) is 4.57. The number of alkyl halides is 2. The summed E-state index contributed by atoms with van der Waals surface area (Å²) in [5, 5.41) is 0.447. The fourth-order valence-corrected chi connectivity index (χ4v) is 3.71. The summed E-state index contributed by atoms with van der Waals surface area (Å²) in [7, 11) is 0. The lowest BCUT2D eigenvalue weighted by Gasteiger charge is -2.15. The molecule has 2 atom stereocenters. The monoisotopic (exact) mass is 391 g/mol. The molecule has 9 heteroatoms. The second-order valence-corrected chi connectivity index (χ2v) is 7.23. The Labute approximate surface area is 159 Å². The molecular formula is C18H19F2N5OS. The number of nitrogens with zero attached hydrogens (tertiary/aromatic N) is 4. The Morgan fingerprint density at radius 1 is 1.22 bits per heavy atom. The van der Waals surface area contributed by atoms with Gasteiger partial charge >= 0.3 is 0 Å². The van der Waals surface area contributed by atoms with Gasteiger partial charge in [0.25, 0.3) is 6.43 Å². The van der Waals surface area contributed by atoms with E-state index in [0.29, 0.717) is 27.9 Å². The molecule has 1 aromatic carbocycles. The Morgan fingerprint density at radius 3 is 2.74 bits per heavy atom. The van der Waals surface area contributed by atoms with Crippen LogP contribution in [0.15, 0.2) is 35.5 Å². The summed E-state index contributed by atoms with van der Waals surface area (Å²) >= 11 is 1.32. The van der Waals surface area contributed by atoms with E-state index in [-0.39, 0.29) is 18.0 Å². The van der Waals surface area contributed by atoms with Gasteiger partial charge in [0.05, 0.1) is 11.0 Å². The first-order valence-corrected chi connectivity index (χ1v) is 9.89. The number of imidazole rings is 1. The number of para-hydroxylation sites is 2. The number of nitrogens with two attached hydrogens (primary N) is 1. The van der Waals surface area contributed by atoms with Crippen molar-refractivity contribution in [3.8, 4) is 11.7 Å². The summed E-state index contributed by atoms with van der Waals surface area (Å²) < 4.78 is 34.6. The molecule has 0 spiro atoms. The number of benzene rings is 1. The van der Waals surface area contributed by atoms with Crippen LogP contribution in [0.1, 0.15) is 31.5 Å². The average molecular weight is 391 g/mol. The van der Waals surface area contributed by atoms with Gasteiger partial charge in [-0.25, -0.2) is 18.7 Å². The number of hydrogen-bond acceptors (Lipinski definition) is 6. The predicted molar refractivity (Wildman–Crippen MR) is 99.6 cm³/mol. The maximum Gasteiger partial charge on any atom is 0.296 e. The molecular weight excluding hydrogens is 372 g/mol. The Hall–Kier alpha value is -2.26. The molecule has 2 heterocycles. The Kier molecular flexibility index (Phi) is 4.96. The molecule has 2 N–H and O–H groups in total. The average Bonchev–Trinajstić information content (AvgIpc) is 3.24. The highest BCUT2D eigenvalue weighted by atomic mass is 32.2. The van der Waals surface area contributed by atoms with Crippen molar-refractivity contribution in [3.63, 3.8) is 0 Å². The van der Waals surface area contributed by atoms with E-state index < -0.39 is 6.43 Å². The van der Waals surface area contributed by atoms with Crippen molar-refractivity contribution in [1.82, 2.24) is 19.5 Å². The van der Waals surface area contributed by atoms with Gasteiger partial charge in [-0.05, 0) is 37.7 Å². The van der Waals surface area contributed by atoms with Crippen LogP contribution in [-0.2, 0) is 0 Å². The third-order valence-corrected chi connectivity index (χ3v) is 5.12. The van der Waals surface area contributed by atoms with Crippen molar-refractivity contribution < 1.29 is 13.5 Å². The van der Waals surface area contributed by atoms with E-state index >= 15 is 0 Å². The molecule has 4 rings (SSSR count). The Bertz CT molecular complexity index is 964. The van der Waals surface area contributed by atoms with Crippen molar-refractivity contribution in [3.05, 3.63) is 36.2 Å². The van der Waals surface area contributed by atoms with Crippen LogP contribution in [0.2, 0.25) is 0 Å². The Morgan fingerprint density at radius 2 is 2.04 bits per heavy atom. The molecule has 1 aliphatic carbocycles. The summed E-state index contributed by atoms with van der Waals surface area (Å²) in [6.07, 6.45) is 1.58. The number of aromatic nitrogens is 4. The number of ether oxygens (including phenoxy) is 1. The second-order valence-electron chi connectivity index (χ2n) is 6.46. The molecule has 27 heavy (non-hydrogen) atoms. The maximum atomic E-state index is 13.6. The van der Waals surface area contributed by atoms with Gasteiger partial charge in [0.15, 0.2) is 11.0 Å². The number of hydrogen-bond donors (Lipinski definition) is 1. The van der Waals surface area contributed by atoms with E-state index in [9.17, 15) is 8.78 Å². The number of thioether (sulfide) groups is 1. The minimum atomic E-state index is -2.73. The first-order chi connectivity index (χ1) is 13.0. The maximum absolute atomic E-state index is 13.6. The minimum absolute atomic E-state index is 0.0217. The molecule has 1 aliphatic rings. The van der Waals surface area contributed by atoms with Gasteiger partial charge in [0.2, 0.25) is 5.88 Å². The zero-order valence-electron chi connectivity index (χ0n) is 14.7. The van der Waals surface area contributed by atoms with Gasteiger partial charge < -0.3 is 10.5 Å². The molecule has 0 bridgehead atoms.